The van der Waals surface area contributed by atoms with E-state index in [-0.39, 0.29) is 48.6 Å². The maximum absolute atomic E-state index is 14.0. The number of hydrogen-bond donors (Lipinski definition) is 4. The first-order valence-corrected chi connectivity index (χ1v) is 15.6. The van der Waals surface area contributed by atoms with Crippen LogP contribution < -0.4 is 20.9 Å². The van der Waals surface area contributed by atoms with E-state index in [1.54, 1.807) is 36.5 Å². The number of benzene rings is 1. The fraction of sp³-hybridized carbons (Fsp3) is 0.500. The summed E-state index contributed by atoms with van der Waals surface area (Å²) in [5, 5.41) is 13.0. The fourth-order valence-electron chi connectivity index (χ4n) is 4.72. The second-order valence-corrected chi connectivity index (χ2v) is 12.3. The highest BCUT2D eigenvalue weighted by molar-refractivity contribution is 7.52. The van der Waals surface area contributed by atoms with Gasteiger partial charge in [0.25, 0.3) is 5.56 Å². The third kappa shape index (κ3) is 7.65. The predicted molar refractivity (Wildman–Crippen MR) is 158 cm³/mol. The van der Waals surface area contributed by atoms with Crippen molar-refractivity contribution in [3.05, 3.63) is 52.6 Å². The molecule has 0 radical (unpaired) electrons. The molecule has 228 valence electrons. The Morgan fingerprint density at radius 1 is 1.29 bits per heavy atom. The Bertz CT molecular complexity index is 1500. The van der Waals surface area contributed by atoms with Gasteiger partial charge in [-0.15, -0.1) is 0 Å². The zero-order chi connectivity index (χ0) is 30.3. The molecule has 1 fully saturated rings. The Kier molecular flexibility index (Phi) is 10.2. The lowest BCUT2D eigenvalue weighted by atomic mass is 9.99. The lowest BCUT2D eigenvalue weighted by Gasteiger charge is -2.25. The number of esters is 1. The summed E-state index contributed by atoms with van der Waals surface area (Å²) < 4.78 is 32.6. The van der Waals surface area contributed by atoms with E-state index >= 15 is 0 Å². The number of nitrogens with zero attached hydrogens (tertiary/aromatic N) is 3. The summed E-state index contributed by atoms with van der Waals surface area (Å²) in [5.74, 6) is -0.0698. The summed E-state index contributed by atoms with van der Waals surface area (Å²) in [6.45, 7) is 5.53. The van der Waals surface area contributed by atoms with E-state index in [2.05, 4.69) is 33.9 Å². The molecule has 5 N–H and O–H groups in total. The van der Waals surface area contributed by atoms with Gasteiger partial charge in [-0.2, -0.15) is 10.1 Å². The van der Waals surface area contributed by atoms with Crippen molar-refractivity contribution in [2.45, 2.75) is 58.9 Å². The van der Waals surface area contributed by atoms with Crippen LogP contribution in [0.15, 0.2) is 47.0 Å². The van der Waals surface area contributed by atoms with Crippen LogP contribution in [-0.2, 0) is 18.6 Å². The van der Waals surface area contributed by atoms with E-state index < -0.39 is 30.7 Å². The maximum atomic E-state index is 14.0. The van der Waals surface area contributed by atoms with Gasteiger partial charge in [0.05, 0.1) is 19.8 Å². The third-order valence-corrected chi connectivity index (χ3v) is 8.80. The van der Waals surface area contributed by atoms with Gasteiger partial charge in [0, 0.05) is 11.6 Å². The molecule has 0 saturated heterocycles. The Labute approximate surface area is 244 Å². The summed E-state index contributed by atoms with van der Waals surface area (Å²) in [6, 6.07) is 7.47. The number of aromatic nitrogens is 4. The summed E-state index contributed by atoms with van der Waals surface area (Å²) >= 11 is 0. The monoisotopic (exact) mass is 602 g/mol. The summed E-state index contributed by atoms with van der Waals surface area (Å²) in [6.07, 6.45) is 7.41. The minimum atomic E-state index is -4.13. The van der Waals surface area contributed by atoms with Gasteiger partial charge < -0.3 is 20.1 Å². The number of H-pyrrole nitrogens is 1. The standard InChI is InChI=1S/C28H39N6O7P/c1-4-9-20(10-5-2)15-39-26(37)19(3)33-42(38,41-22-11-7-6-8-12-22)40-17-28(16-35)13-21(28)14-34-18-30-23-24(34)31-27(29)32-25(23)36/h6-8,11-12,14,18-20,35H,4-5,9-10,13,15-17H2,1-3H3,(H,33,38)(H3,29,31,32,36)/b21-14-/t19-,28-,42-/m0/s1. The summed E-state index contributed by atoms with van der Waals surface area (Å²) in [5.41, 5.74) is 5.49. The van der Waals surface area contributed by atoms with Crippen molar-refractivity contribution in [3.8, 4) is 5.75 Å². The molecule has 4 rings (SSSR count). The number of aromatic amines is 1. The average molecular weight is 603 g/mol. The number of ether oxygens (including phenoxy) is 1. The highest BCUT2D eigenvalue weighted by Crippen LogP contribution is 2.56. The van der Waals surface area contributed by atoms with Crippen LogP contribution in [0.1, 0.15) is 52.9 Å². The minimum absolute atomic E-state index is 0.0517. The second kappa shape index (κ2) is 13.6. The molecule has 0 amide bonds. The van der Waals surface area contributed by atoms with Crippen LogP contribution in [0.3, 0.4) is 0 Å². The van der Waals surface area contributed by atoms with Gasteiger partial charge in [-0.1, -0.05) is 44.9 Å². The third-order valence-electron chi connectivity index (χ3n) is 7.17. The number of aliphatic hydroxyl groups is 1. The quantitative estimate of drug-likeness (QED) is 0.138. The number of anilines is 1. The number of nitrogens with two attached hydrogens (primary N) is 1. The van der Waals surface area contributed by atoms with Crippen LogP contribution in [0.2, 0.25) is 0 Å². The Balaban J connectivity index is 1.48. The van der Waals surface area contributed by atoms with Crippen molar-refractivity contribution in [2.24, 2.45) is 11.3 Å². The Morgan fingerprint density at radius 3 is 2.67 bits per heavy atom. The number of rotatable bonds is 16. The highest BCUT2D eigenvalue weighted by Gasteiger charge is 2.51. The molecule has 0 bridgehead atoms. The number of para-hydroxylation sites is 1. The molecule has 42 heavy (non-hydrogen) atoms. The van der Waals surface area contributed by atoms with Crippen molar-refractivity contribution in [1.82, 2.24) is 24.6 Å². The fourth-order valence-corrected chi connectivity index (χ4v) is 6.29. The second-order valence-electron chi connectivity index (χ2n) is 10.6. The van der Waals surface area contributed by atoms with Crippen LogP contribution in [0.5, 0.6) is 5.75 Å². The number of nitrogen functional groups attached to an aromatic ring is 1. The van der Waals surface area contributed by atoms with Gasteiger partial charge in [0.2, 0.25) is 5.95 Å². The summed E-state index contributed by atoms with van der Waals surface area (Å²) in [4.78, 5) is 35.6. The number of carbonyl (C=O) groups excluding carboxylic acids is 1. The van der Waals surface area contributed by atoms with Crippen molar-refractivity contribution >= 4 is 37.0 Å². The van der Waals surface area contributed by atoms with Crippen LogP contribution >= 0.6 is 7.75 Å². The van der Waals surface area contributed by atoms with E-state index in [1.165, 1.54) is 17.8 Å². The highest BCUT2D eigenvalue weighted by atomic mass is 31.2. The Morgan fingerprint density at radius 2 is 2.00 bits per heavy atom. The lowest BCUT2D eigenvalue weighted by Crippen LogP contribution is -2.36. The first kappa shape index (κ1) is 31.4. The lowest BCUT2D eigenvalue weighted by molar-refractivity contribution is -0.146. The molecule has 3 atom stereocenters. The molecule has 1 aliphatic rings. The first-order valence-electron chi connectivity index (χ1n) is 14.1. The SMILES string of the molecule is CCCC(CCC)COC(=O)[C@H](C)N[P@](=O)(OC[C@@]1(CO)C/C1=C/n1cnc2c(=O)[nH]c(N)nc21)Oc1ccccc1. The largest absolute Gasteiger partial charge is 0.464 e. The smallest absolute Gasteiger partial charge is 0.459 e. The molecule has 0 aliphatic heterocycles. The maximum Gasteiger partial charge on any atom is 0.459 e. The first-order chi connectivity index (χ1) is 20.1. The number of carbonyl (C=O) groups is 1. The van der Waals surface area contributed by atoms with E-state index in [0.29, 0.717) is 6.42 Å². The van der Waals surface area contributed by atoms with Gasteiger partial charge in [0.1, 0.15) is 18.1 Å². The topological polar surface area (TPSA) is 184 Å². The van der Waals surface area contributed by atoms with Gasteiger partial charge in [0.15, 0.2) is 11.2 Å². The van der Waals surface area contributed by atoms with Crippen LogP contribution in [0.25, 0.3) is 17.4 Å². The molecule has 0 unspecified atom stereocenters. The number of imidazole rings is 1. The van der Waals surface area contributed by atoms with Gasteiger partial charge in [-0.05, 0) is 49.8 Å². The van der Waals surface area contributed by atoms with E-state index in [9.17, 15) is 19.3 Å². The normalized spacial score (nSPS) is 19.6. The van der Waals surface area contributed by atoms with Crippen molar-refractivity contribution in [3.63, 3.8) is 0 Å². The van der Waals surface area contributed by atoms with Gasteiger partial charge in [-0.25, -0.2) is 9.55 Å². The van der Waals surface area contributed by atoms with Crippen molar-refractivity contribution in [2.75, 3.05) is 25.6 Å². The van der Waals surface area contributed by atoms with E-state index in [0.717, 1.165) is 31.3 Å². The molecular formula is C28H39N6O7P. The zero-order valence-electron chi connectivity index (χ0n) is 24.1. The van der Waals surface area contributed by atoms with Gasteiger partial charge >= 0.3 is 13.7 Å². The minimum Gasteiger partial charge on any atom is -0.464 e. The molecule has 1 saturated carbocycles. The number of fused-ring (bicyclic) bond motifs is 1. The number of hydrogen-bond acceptors (Lipinski definition) is 10. The molecule has 2 aromatic heterocycles. The molecule has 2 heterocycles. The molecule has 14 heteroatoms. The number of aliphatic hydroxyl groups excluding tert-OH is 1. The molecule has 3 aromatic rings. The summed E-state index contributed by atoms with van der Waals surface area (Å²) in [7, 11) is -4.13. The molecule has 1 aliphatic carbocycles. The van der Waals surface area contributed by atoms with E-state index in [4.69, 9.17) is 19.5 Å². The zero-order valence-corrected chi connectivity index (χ0v) is 25.0. The van der Waals surface area contributed by atoms with Gasteiger partial charge in [-0.3, -0.25) is 23.7 Å². The predicted octanol–water partition coefficient (Wildman–Crippen LogP) is 3.87. The van der Waals surface area contributed by atoms with Crippen molar-refractivity contribution < 1.29 is 28.3 Å². The number of nitrogens with one attached hydrogen (secondary N) is 2. The molecule has 1 aromatic carbocycles. The molecular weight excluding hydrogens is 563 g/mol. The van der Waals surface area contributed by atoms with E-state index in [1.807, 2.05) is 0 Å². The Hall–Kier alpha value is -3.51. The average Bonchev–Trinajstić information content (AvgIpc) is 3.51. The molecule has 0 spiro atoms. The van der Waals surface area contributed by atoms with Crippen LogP contribution in [-0.4, -0.2) is 56.5 Å². The van der Waals surface area contributed by atoms with Crippen LogP contribution in [0.4, 0.5) is 5.95 Å². The van der Waals surface area contributed by atoms with Crippen LogP contribution in [0, 0.1) is 11.3 Å². The van der Waals surface area contributed by atoms with Crippen molar-refractivity contribution in [1.29, 1.82) is 0 Å². The molecule has 13 nitrogen and oxygen atoms in total.